The van der Waals surface area contributed by atoms with Crippen LogP contribution in [0.3, 0.4) is 0 Å². The fraction of sp³-hybridized carbons (Fsp3) is 0.667. The quantitative estimate of drug-likeness (QED) is 0.447. The number of nitrogens with one attached hydrogen (secondary N) is 1. The molecule has 14 heavy (non-hydrogen) atoms. The molecular weight excluding hydrogens is 172 g/mol. The largest absolute Gasteiger partial charge is 0.315 e. The van der Waals surface area contributed by atoms with Crippen molar-refractivity contribution in [3.63, 3.8) is 0 Å². The summed E-state index contributed by atoms with van der Waals surface area (Å²) in [6, 6.07) is 0. The van der Waals surface area contributed by atoms with Crippen molar-refractivity contribution in [1.29, 1.82) is 0 Å². The van der Waals surface area contributed by atoms with E-state index in [0.29, 0.717) is 0 Å². The number of rotatable bonds is 9. The molecule has 0 saturated carbocycles. The summed E-state index contributed by atoms with van der Waals surface area (Å²) in [7, 11) is 0. The van der Waals surface area contributed by atoms with Gasteiger partial charge < -0.3 is 5.32 Å². The second-order valence-electron chi connectivity index (χ2n) is 3.93. The van der Waals surface area contributed by atoms with Crippen molar-refractivity contribution in [1.82, 2.24) is 10.2 Å². The molecule has 0 aliphatic carbocycles. The van der Waals surface area contributed by atoms with Gasteiger partial charge in [-0.2, -0.15) is 0 Å². The van der Waals surface area contributed by atoms with E-state index in [9.17, 15) is 0 Å². The molecule has 0 saturated heterocycles. The third kappa shape index (κ3) is 8.02. The van der Waals surface area contributed by atoms with Crippen LogP contribution >= 0.6 is 0 Å². The second-order valence-corrected chi connectivity index (χ2v) is 3.93. The summed E-state index contributed by atoms with van der Waals surface area (Å²) in [4.78, 5) is 2.31. The first-order valence-electron chi connectivity index (χ1n) is 5.35. The van der Waals surface area contributed by atoms with Gasteiger partial charge in [0.2, 0.25) is 0 Å². The topological polar surface area (TPSA) is 15.3 Å². The molecule has 82 valence electrons. The molecule has 0 aromatic heterocycles. The summed E-state index contributed by atoms with van der Waals surface area (Å²) >= 11 is 0. The van der Waals surface area contributed by atoms with E-state index in [2.05, 4.69) is 37.2 Å². The van der Waals surface area contributed by atoms with Crippen molar-refractivity contribution in [2.45, 2.75) is 13.8 Å². The summed E-state index contributed by atoms with van der Waals surface area (Å²) in [5.41, 5.74) is 0. The van der Waals surface area contributed by atoms with Crippen LogP contribution in [0.25, 0.3) is 0 Å². The number of hydrogen-bond donors (Lipinski definition) is 1. The fourth-order valence-corrected chi connectivity index (χ4v) is 1.25. The van der Waals surface area contributed by atoms with E-state index < -0.39 is 0 Å². The van der Waals surface area contributed by atoms with Crippen molar-refractivity contribution in [3.05, 3.63) is 25.3 Å². The summed E-state index contributed by atoms with van der Waals surface area (Å²) in [5.74, 6) is 0.724. The SMILES string of the molecule is C=CCN(CC=C)CCNCC(C)C. The minimum atomic E-state index is 0.724. The van der Waals surface area contributed by atoms with E-state index in [1.165, 1.54) is 0 Å². The lowest BCUT2D eigenvalue weighted by Crippen LogP contribution is -2.33. The highest BCUT2D eigenvalue weighted by Gasteiger charge is 1.99. The van der Waals surface area contributed by atoms with Gasteiger partial charge in [-0.15, -0.1) is 13.2 Å². The van der Waals surface area contributed by atoms with Gasteiger partial charge in [0.15, 0.2) is 0 Å². The monoisotopic (exact) mass is 196 g/mol. The van der Waals surface area contributed by atoms with Gasteiger partial charge in [0.05, 0.1) is 0 Å². The lowest BCUT2D eigenvalue weighted by atomic mass is 10.2. The van der Waals surface area contributed by atoms with E-state index in [4.69, 9.17) is 0 Å². The first-order chi connectivity index (χ1) is 6.70. The van der Waals surface area contributed by atoms with Gasteiger partial charge in [0.25, 0.3) is 0 Å². The van der Waals surface area contributed by atoms with Gasteiger partial charge in [0, 0.05) is 26.2 Å². The maximum atomic E-state index is 3.74. The van der Waals surface area contributed by atoms with Gasteiger partial charge in [-0.3, -0.25) is 4.90 Å². The Morgan fingerprint density at radius 2 is 1.79 bits per heavy atom. The van der Waals surface area contributed by atoms with Crippen LogP contribution in [0.15, 0.2) is 25.3 Å². The predicted molar refractivity (Wildman–Crippen MR) is 64.5 cm³/mol. The van der Waals surface area contributed by atoms with Crippen LogP contribution in [0.1, 0.15) is 13.8 Å². The standard InChI is InChI=1S/C12H24N2/c1-5-8-14(9-6-2)10-7-13-11-12(3)4/h5-6,12-13H,1-2,7-11H2,3-4H3. The van der Waals surface area contributed by atoms with E-state index in [1.807, 2.05) is 12.2 Å². The van der Waals surface area contributed by atoms with Gasteiger partial charge in [-0.25, -0.2) is 0 Å². The Morgan fingerprint density at radius 3 is 2.21 bits per heavy atom. The molecule has 0 rings (SSSR count). The zero-order chi connectivity index (χ0) is 10.8. The zero-order valence-electron chi connectivity index (χ0n) is 9.63. The van der Waals surface area contributed by atoms with Crippen molar-refractivity contribution >= 4 is 0 Å². The summed E-state index contributed by atoms with van der Waals surface area (Å²) < 4.78 is 0. The number of hydrogen-bond acceptors (Lipinski definition) is 2. The summed E-state index contributed by atoms with van der Waals surface area (Å²) in [5, 5.41) is 3.42. The maximum absolute atomic E-state index is 3.74. The molecular formula is C12H24N2. The molecule has 0 bridgehead atoms. The van der Waals surface area contributed by atoms with E-state index in [1.54, 1.807) is 0 Å². The Bertz CT molecular complexity index is 142. The molecule has 0 aliphatic rings. The maximum Gasteiger partial charge on any atom is 0.0164 e. The third-order valence-electron chi connectivity index (χ3n) is 1.93. The highest BCUT2D eigenvalue weighted by atomic mass is 15.1. The van der Waals surface area contributed by atoms with Gasteiger partial charge in [0.1, 0.15) is 0 Å². The Morgan fingerprint density at radius 1 is 1.21 bits per heavy atom. The van der Waals surface area contributed by atoms with Crippen LogP contribution in [0.5, 0.6) is 0 Å². The number of nitrogens with zero attached hydrogens (tertiary/aromatic N) is 1. The zero-order valence-corrected chi connectivity index (χ0v) is 9.63. The van der Waals surface area contributed by atoms with E-state index in [-0.39, 0.29) is 0 Å². The molecule has 0 atom stereocenters. The lowest BCUT2D eigenvalue weighted by Gasteiger charge is -2.19. The average molecular weight is 196 g/mol. The van der Waals surface area contributed by atoms with Crippen molar-refractivity contribution in [3.8, 4) is 0 Å². The van der Waals surface area contributed by atoms with Crippen LogP contribution in [0, 0.1) is 5.92 Å². The van der Waals surface area contributed by atoms with E-state index >= 15 is 0 Å². The Hall–Kier alpha value is -0.600. The Balaban J connectivity index is 3.49. The molecule has 0 radical (unpaired) electrons. The van der Waals surface area contributed by atoms with Crippen molar-refractivity contribution in [2.75, 3.05) is 32.7 Å². The fourth-order valence-electron chi connectivity index (χ4n) is 1.25. The second kappa shape index (κ2) is 8.97. The molecule has 0 aliphatic heterocycles. The van der Waals surface area contributed by atoms with Crippen LogP contribution in [0.2, 0.25) is 0 Å². The smallest absolute Gasteiger partial charge is 0.0164 e. The van der Waals surface area contributed by atoms with Crippen LogP contribution < -0.4 is 5.32 Å². The Kier molecular flexibility index (Phi) is 8.59. The van der Waals surface area contributed by atoms with Crippen LogP contribution in [0.4, 0.5) is 0 Å². The minimum absolute atomic E-state index is 0.724. The van der Waals surface area contributed by atoms with Crippen LogP contribution in [-0.2, 0) is 0 Å². The van der Waals surface area contributed by atoms with Crippen LogP contribution in [-0.4, -0.2) is 37.6 Å². The summed E-state index contributed by atoms with van der Waals surface area (Å²) in [6.07, 6.45) is 3.87. The summed E-state index contributed by atoms with van der Waals surface area (Å²) in [6.45, 7) is 17.0. The first-order valence-corrected chi connectivity index (χ1v) is 5.35. The third-order valence-corrected chi connectivity index (χ3v) is 1.93. The molecule has 2 nitrogen and oxygen atoms in total. The molecule has 0 amide bonds. The molecule has 0 aromatic rings. The average Bonchev–Trinajstić information content (AvgIpc) is 2.12. The highest BCUT2D eigenvalue weighted by molar-refractivity contribution is 4.79. The minimum Gasteiger partial charge on any atom is -0.315 e. The van der Waals surface area contributed by atoms with E-state index in [0.717, 1.165) is 38.6 Å². The normalized spacial score (nSPS) is 10.9. The first kappa shape index (κ1) is 13.4. The molecule has 0 heterocycles. The molecule has 0 fully saturated rings. The molecule has 2 heteroatoms. The van der Waals surface area contributed by atoms with Crippen molar-refractivity contribution < 1.29 is 0 Å². The molecule has 0 unspecified atom stereocenters. The van der Waals surface area contributed by atoms with Gasteiger partial charge in [-0.1, -0.05) is 26.0 Å². The molecule has 0 aromatic carbocycles. The lowest BCUT2D eigenvalue weighted by molar-refractivity contribution is 0.329. The van der Waals surface area contributed by atoms with Gasteiger partial charge in [-0.05, 0) is 12.5 Å². The molecule has 1 N–H and O–H groups in total. The molecule has 0 spiro atoms. The highest BCUT2D eigenvalue weighted by Crippen LogP contribution is 1.89. The predicted octanol–water partition coefficient (Wildman–Crippen LogP) is 1.91. The Labute approximate surface area is 88.7 Å². The van der Waals surface area contributed by atoms with Gasteiger partial charge >= 0.3 is 0 Å². The van der Waals surface area contributed by atoms with Crippen molar-refractivity contribution in [2.24, 2.45) is 5.92 Å².